The summed E-state index contributed by atoms with van der Waals surface area (Å²) >= 11 is 0. The summed E-state index contributed by atoms with van der Waals surface area (Å²) in [5.41, 5.74) is 1.03. The summed E-state index contributed by atoms with van der Waals surface area (Å²) < 4.78 is 0. The number of unbranched alkanes of at least 4 members (excludes halogenated alkanes) is 1. The summed E-state index contributed by atoms with van der Waals surface area (Å²) in [5.74, 6) is 0.720. The fourth-order valence-corrected chi connectivity index (χ4v) is 2.75. The van der Waals surface area contributed by atoms with Gasteiger partial charge in [0.25, 0.3) is 0 Å². The van der Waals surface area contributed by atoms with Crippen LogP contribution in [-0.4, -0.2) is 21.9 Å². The van der Waals surface area contributed by atoms with Crippen LogP contribution in [0.25, 0.3) is 0 Å². The topological polar surface area (TPSA) is 46.1 Å². The fraction of sp³-hybridized carbons (Fsp3) is 0.750. The highest BCUT2D eigenvalue weighted by atomic mass is 16.2. The first-order valence-corrected chi connectivity index (χ1v) is 9.52. The van der Waals surface area contributed by atoms with Gasteiger partial charge in [-0.15, -0.1) is 0 Å². The number of amides is 1. The molecule has 1 rings (SSSR count). The van der Waals surface area contributed by atoms with Gasteiger partial charge in [-0.05, 0) is 37.2 Å². The predicted molar refractivity (Wildman–Crippen MR) is 101 cm³/mol. The molecule has 1 amide bonds. The van der Waals surface area contributed by atoms with Gasteiger partial charge >= 0.3 is 0 Å². The molecule has 0 unspecified atom stereocenters. The third-order valence-corrected chi connectivity index (χ3v) is 4.87. The van der Waals surface area contributed by atoms with Crippen LogP contribution in [0.3, 0.4) is 0 Å². The predicted octanol–water partition coefficient (Wildman–Crippen LogP) is 5.17. The van der Waals surface area contributed by atoms with Crippen molar-refractivity contribution < 1.29 is 4.79 Å². The summed E-state index contributed by atoms with van der Waals surface area (Å²) in [5, 5.41) is 0. The zero-order valence-electron chi connectivity index (χ0n) is 16.4. The first-order valence-electron chi connectivity index (χ1n) is 9.52. The molecule has 0 saturated carbocycles. The van der Waals surface area contributed by atoms with Crippen LogP contribution in [0, 0.1) is 5.41 Å². The SMILES string of the molecule is CCCCc1ccnc(N(C(=O)CC(C)(C)CC)C(CC)CC)n1. The van der Waals surface area contributed by atoms with Crippen molar-refractivity contribution in [1.29, 1.82) is 0 Å². The monoisotopic (exact) mass is 333 g/mol. The Morgan fingerprint density at radius 3 is 2.42 bits per heavy atom. The molecule has 1 aromatic heterocycles. The van der Waals surface area contributed by atoms with E-state index >= 15 is 0 Å². The molecule has 0 aliphatic heterocycles. The number of hydrogen-bond donors (Lipinski definition) is 0. The molecule has 0 aliphatic carbocycles. The van der Waals surface area contributed by atoms with E-state index in [0.29, 0.717) is 12.4 Å². The number of carbonyl (C=O) groups excluding carboxylic acids is 1. The van der Waals surface area contributed by atoms with Gasteiger partial charge in [0.15, 0.2) is 0 Å². The van der Waals surface area contributed by atoms with Crippen LogP contribution in [0.15, 0.2) is 12.3 Å². The van der Waals surface area contributed by atoms with Crippen molar-refractivity contribution in [1.82, 2.24) is 9.97 Å². The van der Waals surface area contributed by atoms with Gasteiger partial charge in [0.1, 0.15) is 0 Å². The van der Waals surface area contributed by atoms with Crippen LogP contribution in [0.4, 0.5) is 5.95 Å². The molecule has 0 N–H and O–H groups in total. The Kier molecular flexibility index (Phi) is 8.37. The third kappa shape index (κ3) is 5.88. The molecule has 4 nitrogen and oxygen atoms in total. The molecule has 136 valence electrons. The minimum atomic E-state index is 0.00118. The van der Waals surface area contributed by atoms with Crippen molar-refractivity contribution in [2.24, 2.45) is 5.41 Å². The molecule has 0 saturated heterocycles. The second-order valence-electron chi connectivity index (χ2n) is 7.38. The van der Waals surface area contributed by atoms with E-state index in [1.807, 2.05) is 11.0 Å². The van der Waals surface area contributed by atoms with Crippen molar-refractivity contribution in [2.45, 2.75) is 92.5 Å². The molecule has 0 atom stereocenters. The Labute approximate surface area is 148 Å². The standard InChI is InChI=1S/C20H35N3O/c1-7-11-12-16-13-14-21-19(22-16)23(17(8-2)9-3)18(24)15-20(5,6)10-4/h13-14,17H,7-12,15H2,1-6H3. The molecule has 24 heavy (non-hydrogen) atoms. The summed E-state index contributed by atoms with van der Waals surface area (Å²) in [6, 6.07) is 2.12. The normalized spacial score (nSPS) is 11.8. The number of aromatic nitrogens is 2. The number of aryl methyl sites for hydroxylation is 1. The van der Waals surface area contributed by atoms with Crippen molar-refractivity contribution in [3.05, 3.63) is 18.0 Å². The zero-order valence-corrected chi connectivity index (χ0v) is 16.4. The lowest BCUT2D eigenvalue weighted by atomic mass is 9.86. The number of anilines is 1. The zero-order chi connectivity index (χ0) is 18.2. The molecule has 0 bridgehead atoms. The first kappa shape index (κ1) is 20.6. The molecule has 0 fully saturated rings. The Morgan fingerprint density at radius 1 is 1.21 bits per heavy atom. The van der Waals surface area contributed by atoms with Crippen LogP contribution in [0.1, 0.15) is 85.8 Å². The van der Waals surface area contributed by atoms with Gasteiger partial charge in [0.2, 0.25) is 11.9 Å². The number of hydrogen-bond acceptors (Lipinski definition) is 3. The third-order valence-electron chi connectivity index (χ3n) is 4.87. The first-order chi connectivity index (χ1) is 11.4. The van der Waals surface area contributed by atoms with E-state index in [4.69, 9.17) is 4.98 Å². The van der Waals surface area contributed by atoms with E-state index in [1.54, 1.807) is 6.20 Å². The Morgan fingerprint density at radius 2 is 1.88 bits per heavy atom. The van der Waals surface area contributed by atoms with E-state index in [9.17, 15) is 4.79 Å². The van der Waals surface area contributed by atoms with Crippen LogP contribution in [-0.2, 0) is 11.2 Å². The van der Waals surface area contributed by atoms with Crippen molar-refractivity contribution in [3.63, 3.8) is 0 Å². The lowest BCUT2D eigenvalue weighted by Gasteiger charge is -2.32. The van der Waals surface area contributed by atoms with Gasteiger partial charge < -0.3 is 0 Å². The van der Waals surface area contributed by atoms with E-state index in [-0.39, 0.29) is 17.4 Å². The van der Waals surface area contributed by atoms with Crippen molar-refractivity contribution in [2.75, 3.05) is 4.90 Å². The summed E-state index contributed by atoms with van der Waals surface area (Å²) in [6.45, 7) is 12.9. The van der Waals surface area contributed by atoms with Crippen molar-refractivity contribution in [3.8, 4) is 0 Å². The fourth-order valence-electron chi connectivity index (χ4n) is 2.75. The van der Waals surface area contributed by atoms with Gasteiger partial charge in [-0.3, -0.25) is 9.69 Å². The van der Waals surface area contributed by atoms with Crippen LogP contribution < -0.4 is 4.90 Å². The second-order valence-corrected chi connectivity index (χ2v) is 7.38. The average molecular weight is 334 g/mol. The maximum Gasteiger partial charge on any atom is 0.232 e. The second kappa shape index (κ2) is 9.75. The summed E-state index contributed by atoms with van der Waals surface area (Å²) in [7, 11) is 0. The molecular formula is C20H35N3O. The van der Waals surface area contributed by atoms with Gasteiger partial charge in [-0.25, -0.2) is 9.97 Å². The van der Waals surface area contributed by atoms with Crippen molar-refractivity contribution >= 4 is 11.9 Å². The molecule has 0 radical (unpaired) electrons. The smallest absolute Gasteiger partial charge is 0.232 e. The number of nitrogens with zero attached hydrogens (tertiary/aromatic N) is 3. The number of rotatable bonds is 10. The maximum absolute atomic E-state index is 13.0. The lowest BCUT2D eigenvalue weighted by Crippen LogP contribution is -2.42. The molecule has 1 aromatic rings. The highest BCUT2D eigenvalue weighted by molar-refractivity contribution is 5.92. The highest BCUT2D eigenvalue weighted by Crippen LogP contribution is 2.28. The summed E-state index contributed by atoms with van der Waals surface area (Å²) in [6.07, 6.45) is 8.32. The highest BCUT2D eigenvalue weighted by Gasteiger charge is 2.29. The molecule has 0 aromatic carbocycles. The Hall–Kier alpha value is -1.45. The Bertz CT molecular complexity index is 509. The van der Waals surface area contributed by atoms with Gasteiger partial charge in [-0.2, -0.15) is 0 Å². The maximum atomic E-state index is 13.0. The minimum Gasteiger partial charge on any atom is -0.278 e. The Balaban J connectivity index is 3.12. The van der Waals surface area contributed by atoms with Crippen LogP contribution in [0.2, 0.25) is 0 Å². The summed E-state index contributed by atoms with van der Waals surface area (Å²) in [4.78, 5) is 24.0. The van der Waals surface area contributed by atoms with Gasteiger partial charge in [0.05, 0.1) is 0 Å². The van der Waals surface area contributed by atoms with Gasteiger partial charge in [-0.1, -0.05) is 54.4 Å². The van der Waals surface area contributed by atoms with E-state index < -0.39 is 0 Å². The van der Waals surface area contributed by atoms with Gasteiger partial charge in [0, 0.05) is 24.4 Å². The number of carbonyl (C=O) groups is 1. The van der Waals surface area contributed by atoms with E-state index in [0.717, 1.165) is 44.2 Å². The largest absolute Gasteiger partial charge is 0.278 e. The molecular weight excluding hydrogens is 298 g/mol. The minimum absolute atomic E-state index is 0.00118. The lowest BCUT2D eigenvalue weighted by molar-refractivity contribution is -0.121. The molecule has 0 aliphatic rings. The van der Waals surface area contributed by atoms with E-state index in [1.165, 1.54) is 0 Å². The van der Waals surface area contributed by atoms with Crippen LogP contribution >= 0.6 is 0 Å². The van der Waals surface area contributed by atoms with E-state index in [2.05, 4.69) is 46.5 Å². The average Bonchev–Trinajstić information content (AvgIpc) is 2.57. The molecule has 0 spiro atoms. The van der Waals surface area contributed by atoms with Crippen LogP contribution in [0.5, 0.6) is 0 Å². The molecule has 4 heteroatoms. The molecule has 1 heterocycles. The quantitative estimate of drug-likeness (QED) is 0.593.